The van der Waals surface area contributed by atoms with Crippen molar-refractivity contribution in [3.8, 4) is 5.75 Å². The molecule has 1 unspecified atom stereocenters. The number of aromatic nitrogens is 1. The van der Waals surface area contributed by atoms with Crippen molar-refractivity contribution in [1.29, 1.82) is 0 Å². The van der Waals surface area contributed by atoms with Crippen LogP contribution in [0.4, 0.5) is 5.13 Å². The van der Waals surface area contributed by atoms with E-state index in [0.29, 0.717) is 6.04 Å². The smallest absolute Gasteiger partial charge is 0.184 e. The second-order valence-corrected chi connectivity index (χ2v) is 5.44. The van der Waals surface area contributed by atoms with E-state index in [2.05, 4.69) is 10.3 Å². The Morgan fingerprint density at radius 2 is 2.44 bits per heavy atom. The number of fused-ring (bicyclic) bond motifs is 1. The molecule has 5 heteroatoms. The van der Waals surface area contributed by atoms with E-state index < -0.39 is 0 Å². The predicted octanol–water partition coefficient (Wildman–Crippen LogP) is 2.90. The Kier molecular flexibility index (Phi) is 3.34. The molecule has 18 heavy (non-hydrogen) atoms. The van der Waals surface area contributed by atoms with Crippen LogP contribution in [-0.2, 0) is 4.74 Å². The summed E-state index contributed by atoms with van der Waals surface area (Å²) in [6, 6.07) is 6.35. The summed E-state index contributed by atoms with van der Waals surface area (Å²) in [7, 11) is 1.68. The number of anilines is 1. The number of nitrogens with one attached hydrogen (secondary N) is 1. The lowest BCUT2D eigenvalue weighted by Crippen LogP contribution is -2.29. The minimum absolute atomic E-state index is 0.390. The first-order valence-electron chi connectivity index (χ1n) is 6.14. The number of benzene rings is 1. The topological polar surface area (TPSA) is 43.4 Å². The summed E-state index contributed by atoms with van der Waals surface area (Å²) in [6.07, 6.45) is 2.27. The van der Waals surface area contributed by atoms with E-state index in [9.17, 15) is 0 Å². The molecule has 2 heterocycles. The molecular formula is C13H16N2O2S. The quantitative estimate of drug-likeness (QED) is 0.925. The molecule has 1 aliphatic heterocycles. The summed E-state index contributed by atoms with van der Waals surface area (Å²) in [5.74, 6) is 0.874. The van der Waals surface area contributed by atoms with Gasteiger partial charge in [0.15, 0.2) is 5.13 Å². The van der Waals surface area contributed by atoms with E-state index in [4.69, 9.17) is 9.47 Å². The largest absolute Gasteiger partial charge is 0.497 e. The van der Waals surface area contributed by atoms with Crippen LogP contribution in [0.5, 0.6) is 5.75 Å². The van der Waals surface area contributed by atoms with Gasteiger partial charge in [0.05, 0.1) is 30.0 Å². The molecule has 1 aromatic carbocycles. The average molecular weight is 264 g/mol. The van der Waals surface area contributed by atoms with E-state index in [1.807, 2.05) is 18.2 Å². The maximum absolute atomic E-state index is 5.46. The van der Waals surface area contributed by atoms with E-state index >= 15 is 0 Å². The molecule has 0 aliphatic carbocycles. The molecule has 1 N–H and O–H groups in total. The van der Waals surface area contributed by atoms with E-state index in [1.165, 1.54) is 0 Å². The fourth-order valence-corrected chi connectivity index (χ4v) is 3.09. The maximum atomic E-state index is 5.46. The summed E-state index contributed by atoms with van der Waals surface area (Å²) in [5.41, 5.74) is 1.01. The molecule has 96 valence electrons. The van der Waals surface area contributed by atoms with E-state index in [0.717, 1.165) is 47.2 Å². The van der Waals surface area contributed by atoms with E-state index in [-0.39, 0.29) is 0 Å². The van der Waals surface area contributed by atoms with Gasteiger partial charge in [-0.1, -0.05) is 11.3 Å². The number of hydrogen-bond donors (Lipinski definition) is 1. The Morgan fingerprint density at radius 1 is 1.50 bits per heavy atom. The third-order valence-corrected chi connectivity index (χ3v) is 4.03. The first-order chi connectivity index (χ1) is 8.85. The third kappa shape index (κ3) is 2.42. The summed E-state index contributed by atoms with van der Waals surface area (Å²) in [4.78, 5) is 4.58. The van der Waals surface area contributed by atoms with Crippen molar-refractivity contribution in [1.82, 2.24) is 4.98 Å². The zero-order valence-electron chi connectivity index (χ0n) is 10.3. The van der Waals surface area contributed by atoms with Gasteiger partial charge in [0.25, 0.3) is 0 Å². The van der Waals surface area contributed by atoms with Crippen molar-refractivity contribution in [3.05, 3.63) is 18.2 Å². The first-order valence-corrected chi connectivity index (χ1v) is 6.95. The van der Waals surface area contributed by atoms with Gasteiger partial charge in [0.2, 0.25) is 0 Å². The third-order valence-electron chi connectivity index (χ3n) is 3.08. The molecule has 1 fully saturated rings. The van der Waals surface area contributed by atoms with Gasteiger partial charge in [-0.3, -0.25) is 0 Å². The molecule has 0 radical (unpaired) electrons. The van der Waals surface area contributed by atoms with Gasteiger partial charge in [-0.05, 0) is 31.0 Å². The van der Waals surface area contributed by atoms with Crippen LogP contribution in [0.15, 0.2) is 18.2 Å². The van der Waals surface area contributed by atoms with Crippen LogP contribution in [0.2, 0.25) is 0 Å². The molecule has 0 saturated carbocycles. The van der Waals surface area contributed by atoms with Crippen molar-refractivity contribution in [2.45, 2.75) is 18.9 Å². The van der Waals surface area contributed by atoms with Gasteiger partial charge in [-0.15, -0.1) is 0 Å². The summed E-state index contributed by atoms with van der Waals surface area (Å²) < 4.78 is 11.8. The van der Waals surface area contributed by atoms with Crippen LogP contribution in [0, 0.1) is 0 Å². The normalized spacial score (nSPS) is 19.9. The van der Waals surface area contributed by atoms with E-state index in [1.54, 1.807) is 18.4 Å². The summed E-state index contributed by atoms with van der Waals surface area (Å²) in [6.45, 7) is 1.66. The van der Waals surface area contributed by atoms with Crippen molar-refractivity contribution >= 4 is 26.7 Å². The molecule has 4 nitrogen and oxygen atoms in total. The zero-order chi connectivity index (χ0) is 12.4. The molecule has 3 rings (SSSR count). The monoisotopic (exact) mass is 264 g/mol. The second kappa shape index (κ2) is 5.12. The minimum Gasteiger partial charge on any atom is -0.497 e. The van der Waals surface area contributed by atoms with Crippen LogP contribution >= 0.6 is 11.3 Å². The summed E-state index contributed by atoms with van der Waals surface area (Å²) >= 11 is 1.66. The van der Waals surface area contributed by atoms with Gasteiger partial charge in [-0.25, -0.2) is 4.98 Å². The minimum atomic E-state index is 0.390. The molecule has 1 aliphatic rings. The van der Waals surface area contributed by atoms with Gasteiger partial charge in [-0.2, -0.15) is 0 Å². The van der Waals surface area contributed by atoms with Gasteiger partial charge in [0, 0.05) is 6.61 Å². The Morgan fingerprint density at radius 3 is 3.22 bits per heavy atom. The fourth-order valence-electron chi connectivity index (χ4n) is 2.12. The second-order valence-electron chi connectivity index (χ2n) is 4.41. The van der Waals surface area contributed by atoms with Crippen LogP contribution < -0.4 is 10.1 Å². The lowest BCUT2D eigenvalue weighted by molar-refractivity contribution is 0.0876. The zero-order valence-corrected chi connectivity index (χ0v) is 11.1. The molecule has 0 spiro atoms. The SMILES string of the molecule is COc1ccc2nc(NC3CCCOC3)sc2c1. The highest BCUT2D eigenvalue weighted by atomic mass is 32.1. The van der Waals surface area contributed by atoms with Gasteiger partial charge < -0.3 is 14.8 Å². The molecule has 1 saturated heterocycles. The van der Waals surface area contributed by atoms with Crippen LogP contribution in [-0.4, -0.2) is 31.3 Å². The van der Waals surface area contributed by atoms with Crippen LogP contribution in [0.3, 0.4) is 0 Å². The fraction of sp³-hybridized carbons (Fsp3) is 0.462. The number of ether oxygens (including phenoxy) is 2. The highest BCUT2D eigenvalue weighted by molar-refractivity contribution is 7.22. The Bertz CT molecular complexity index is 535. The number of rotatable bonds is 3. The molecule has 1 aromatic heterocycles. The van der Waals surface area contributed by atoms with Gasteiger partial charge in [0.1, 0.15) is 5.75 Å². The standard InChI is InChI=1S/C13H16N2O2S/c1-16-10-4-5-11-12(7-10)18-13(15-11)14-9-3-2-6-17-8-9/h4-5,7,9H,2-3,6,8H2,1H3,(H,14,15). The molecule has 1 atom stereocenters. The Hall–Kier alpha value is -1.33. The highest BCUT2D eigenvalue weighted by Gasteiger charge is 2.15. The lowest BCUT2D eigenvalue weighted by atomic mass is 10.1. The number of nitrogens with zero attached hydrogens (tertiary/aromatic N) is 1. The average Bonchev–Trinajstić information content (AvgIpc) is 2.80. The molecule has 0 bridgehead atoms. The lowest BCUT2D eigenvalue weighted by Gasteiger charge is -2.22. The van der Waals surface area contributed by atoms with Crippen molar-refractivity contribution < 1.29 is 9.47 Å². The molecule has 0 amide bonds. The van der Waals surface area contributed by atoms with Crippen LogP contribution in [0.25, 0.3) is 10.2 Å². The summed E-state index contributed by atoms with van der Waals surface area (Å²) in [5, 5.41) is 4.42. The number of thiazole rings is 1. The molecular weight excluding hydrogens is 248 g/mol. The number of hydrogen-bond acceptors (Lipinski definition) is 5. The van der Waals surface area contributed by atoms with Crippen molar-refractivity contribution in [3.63, 3.8) is 0 Å². The number of methoxy groups -OCH3 is 1. The maximum Gasteiger partial charge on any atom is 0.184 e. The Balaban J connectivity index is 1.79. The highest BCUT2D eigenvalue weighted by Crippen LogP contribution is 2.30. The predicted molar refractivity (Wildman–Crippen MR) is 73.6 cm³/mol. The van der Waals surface area contributed by atoms with Crippen molar-refractivity contribution in [2.75, 3.05) is 25.6 Å². The first kappa shape index (κ1) is 11.7. The van der Waals surface area contributed by atoms with Gasteiger partial charge >= 0.3 is 0 Å². The Labute approximate surface area is 110 Å². The molecule has 2 aromatic rings. The van der Waals surface area contributed by atoms with Crippen molar-refractivity contribution in [2.24, 2.45) is 0 Å². The van der Waals surface area contributed by atoms with Crippen LogP contribution in [0.1, 0.15) is 12.8 Å².